The number of nitriles is 1. The fourth-order valence-electron chi connectivity index (χ4n) is 2.01. The summed E-state index contributed by atoms with van der Waals surface area (Å²) in [6.45, 7) is 6.74. The first-order chi connectivity index (χ1) is 11.3. The zero-order valence-electron chi connectivity index (χ0n) is 14.1. The lowest BCUT2D eigenvalue weighted by atomic mass is 9.90. The molecular formula is C18H20N2O4. The Bertz CT molecular complexity index is 770. The molecule has 0 aliphatic carbocycles. The molecule has 0 radical (unpaired) electrons. The van der Waals surface area contributed by atoms with Crippen LogP contribution in [-0.2, 0) is 9.53 Å². The van der Waals surface area contributed by atoms with Crippen molar-refractivity contribution in [3.63, 3.8) is 0 Å². The Hall–Kier alpha value is -2.81. The molecule has 2 aromatic rings. The van der Waals surface area contributed by atoms with Crippen molar-refractivity contribution in [2.75, 3.05) is 0 Å². The molecule has 1 N–H and O–H groups in total. The monoisotopic (exact) mass is 328 g/mol. The molecule has 1 amide bonds. The molecule has 2 atom stereocenters. The number of nitrogens with zero attached hydrogens (tertiary/aromatic N) is 1. The number of carbonyl (C=O) groups excluding carboxylic acids is 2. The standard InChI is InChI=1S/C18H20N2O4/c1-11(2)18(4,10-19)20-16(21)12(3)23-17(22)15-9-13-7-5-6-8-14(13)24-15/h5-9,11-12H,1-4H3,(H,20,21)/t12-,18+/m1/s1. The quantitative estimate of drug-likeness (QED) is 0.852. The first-order valence-electron chi connectivity index (χ1n) is 7.69. The average molecular weight is 328 g/mol. The van der Waals surface area contributed by atoms with Crippen molar-refractivity contribution in [3.05, 3.63) is 36.1 Å². The number of para-hydroxylation sites is 1. The molecule has 0 saturated carbocycles. The van der Waals surface area contributed by atoms with Crippen LogP contribution in [0.1, 0.15) is 38.2 Å². The summed E-state index contributed by atoms with van der Waals surface area (Å²) in [4.78, 5) is 24.3. The molecule has 0 fully saturated rings. The molecule has 6 nitrogen and oxygen atoms in total. The summed E-state index contributed by atoms with van der Waals surface area (Å²) in [6.07, 6.45) is -1.04. The minimum absolute atomic E-state index is 0.0303. The first kappa shape index (κ1) is 17.5. The van der Waals surface area contributed by atoms with E-state index in [4.69, 9.17) is 9.15 Å². The van der Waals surface area contributed by atoms with Crippen LogP contribution in [0.3, 0.4) is 0 Å². The molecule has 0 bridgehead atoms. The Morgan fingerprint density at radius 1 is 1.29 bits per heavy atom. The van der Waals surface area contributed by atoms with Gasteiger partial charge in [0.1, 0.15) is 11.1 Å². The Labute approximate surface area is 140 Å². The number of benzene rings is 1. The predicted molar refractivity (Wildman–Crippen MR) is 88.1 cm³/mol. The third-order valence-electron chi connectivity index (χ3n) is 4.05. The fraction of sp³-hybridized carbons (Fsp3) is 0.389. The van der Waals surface area contributed by atoms with Crippen molar-refractivity contribution in [1.82, 2.24) is 5.32 Å². The van der Waals surface area contributed by atoms with Gasteiger partial charge in [0, 0.05) is 5.39 Å². The molecule has 6 heteroatoms. The number of nitrogens with one attached hydrogen (secondary N) is 1. The van der Waals surface area contributed by atoms with E-state index in [-0.39, 0.29) is 11.7 Å². The van der Waals surface area contributed by atoms with Gasteiger partial charge in [-0.15, -0.1) is 0 Å². The van der Waals surface area contributed by atoms with Crippen LogP contribution in [0.2, 0.25) is 0 Å². The van der Waals surface area contributed by atoms with E-state index in [1.807, 2.05) is 26.0 Å². The second kappa shape index (κ2) is 6.75. The highest BCUT2D eigenvalue weighted by atomic mass is 16.6. The number of ether oxygens (including phenoxy) is 1. The lowest BCUT2D eigenvalue weighted by Crippen LogP contribution is -2.52. The minimum atomic E-state index is -1.04. The van der Waals surface area contributed by atoms with Gasteiger partial charge in [-0.05, 0) is 31.9 Å². The van der Waals surface area contributed by atoms with Crippen LogP contribution < -0.4 is 5.32 Å². The van der Waals surface area contributed by atoms with Gasteiger partial charge in [-0.2, -0.15) is 5.26 Å². The Morgan fingerprint density at radius 2 is 1.96 bits per heavy atom. The maximum atomic E-state index is 12.2. The number of hydrogen-bond donors (Lipinski definition) is 1. The Balaban J connectivity index is 2.05. The molecule has 0 spiro atoms. The van der Waals surface area contributed by atoms with Crippen molar-refractivity contribution >= 4 is 22.8 Å². The normalized spacial score (nSPS) is 14.7. The van der Waals surface area contributed by atoms with Crippen molar-refractivity contribution in [1.29, 1.82) is 5.26 Å². The van der Waals surface area contributed by atoms with E-state index >= 15 is 0 Å². The smallest absolute Gasteiger partial charge is 0.375 e. The summed E-state index contributed by atoms with van der Waals surface area (Å²) < 4.78 is 10.6. The van der Waals surface area contributed by atoms with Crippen LogP contribution in [0.5, 0.6) is 0 Å². The number of fused-ring (bicyclic) bond motifs is 1. The molecule has 0 aliphatic rings. The zero-order valence-corrected chi connectivity index (χ0v) is 14.1. The topological polar surface area (TPSA) is 92.3 Å². The molecule has 0 unspecified atom stereocenters. The zero-order chi connectivity index (χ0) is 17.9. The summed E-state index contributed by atoms with van der Waals surface area (Å²) >= 11 is 0. The van der Waals surface area contributed by atoms with E-state index in [9.17, 15) is 14.9 Å². The summed E-state index contributed by atoms with van der Waals surface area (Å²) in [7, 11) is 0. The molecule has 126 valence electrons. The molecule has 2 rings (SSSR count). The van der Waals surface area contributed by atoms with Crippen LogP contribution in [0.4, 0.5) is 0 Å². The van der Waals surface area contributed by atoms with Gasteiger partial charge in [0.2, 0.25) is 5.76 Å². The lowest BCUT2D eigenvalue weighted by molar-refractivity contribution is -0.130. The molecule has 0 aliphatic heterocycles. The van der Waals surface area contributed by atoms with Crippen LogP contribution in [-0.4, -0.2) is 23.5 Å². The number of amides is 1. The van der Waals surface area contributed by atoms with E-state index in [2.05, 4.69) is 11.4 Å². The number of carbonyl (C=O) groups is 2. The maximum absolute atomic E-state index is 12.2. The predicted octanol–water partition coefficient (Wildman–Crippen LogP) is 3.03. The molecular weight excluding hydrogens is 308 g/mol. The molecule has 24 heavy (non-hydrogen) atoms. The van der Waals surface area contributed by atoms with Gasteiger partial charge < -0.3 is 14.5 Å². The van der Waals surface area contributed by atoms with Crippen LogP contribution in [0.15, 0.2) is 34.7 Å². The SMILES string of the molecule is CC(C)[C@](C)(C#N)NC(=O)[C@@H](C)OC(=O)c1cc2ccccc2o1. The van der Waals surface area contributed by atoms with Gasteiger partial charge in [0.15, 0.2) is 6.10 Å². The number of esters is 1. The minimum Gasteiger partial charge on any atom is -0.449 e. The third-order valence-corrected chi connectivity index (χ3v) is 4.05. The van der Waals surface area contributed by atoms with E-state index in [0.717, 1.165) is 5.39 Å². The molecule has 0 saturated heterocycles. The van der Waals surface area contributed by atoms with Crippen molar-refractivity contribution in [3.8, 4) is 6.07 Å². The van der Waals surface area contributed by atoms with E-state index in [1.165, 1.54) is 6.92 Å². The van der Waals surface area contributed by atoms with Crippen LogP contribution >= 0.6 is 0 Å². The Kier molecular flexibility index (Phi) is 4.93. The average Bonchev–Trinajstić information content (AvgIpc) is 2.98. The summed E-state index contributed by atoms with van der Waals surface area (Å²) in [5.74, 6) is -1.32. The van der Waals surface area contributed by atoms with Crippen molar-refractivity contribution in [2.45, 2.75) is 39.3 Å². The number of rotatable bonds is 5. The number of furan rings is 1. The number of hydrogen-bond acceptors (Lipinski definition) is 5. The second-order valence-electron chi connectivity index (χ2n) is 6.15. The molecule has 1 aromatic heterocycles. The van der Waals surface area contributed by atoms with E-state index in [0.29, 0.717) is 5.58 Å². The van der Waals surface area contributed by atoms with Gasteiger partial charge in [-0.1, -0.05) is 32.0 Å². The molecule has 1 heterocycles. The van der Waals surface area contributed by atoms with Crippen molar-refractivity contribution < 1.29 is 18.7 Å². The lowest BCUT2D eigenvalue weighted by Gasteiger charge is -2.28. The summed E-state index contributed by atoms with van der Waals surface area (Å²) in [5.41, 5.74) is -0.463. The first-order valence-corrected chi connectivity index (χ1v) is 7.69. The van der Waals surface area contributed by atoms with Crippen molar-refractivity contribution in [2.24, 2.45) is 5.92 Å². The van der Waals surface area contributed by atoms with Crippen LogP contribution in [0.25, 0.3) is 11.0 Å². The highest BCUT2D eigenvalue weighted by Crippen LogP contribution is 2.20. The largest absolute Gasteiger partial charge is 0.449 e. The van der Waals surface area contributed by atoms with E-state index in [1.54, 1.807) is 25.1 Å². The highest BCUT2D eigenvalue weighted by Gasteiger charge is 2.33. The fourth-order valence-corrected chi connectivity index (χ4v) is 2.01. The second-order valence-corrected chi connectivity index (χ2v) is 6.15. The van der Waals surface area contributed by atoms with E-state index < -0.39 is 23.5 Å². The van der Waals surface area contributed by atoms with Crippen LogP contribution in [0, 0.1) is 17.2 Å². The van der Waals surface area contributed by atoms with Gasteiger partial charge in [0.25, 0.3) is 5.91 Å². The van der Waals surface area contributed by atoms with Gasteiger partial charge in [-0.3, -0.25) is 4.79 Å². The highest BCUT2D eigenvalue weighted by molar-refractivity contribution is 5.94. The summed E-state index contributed by atoms with van der Waals surface area (Å²) in [5, 5.41) is 12.6. The summed E-state index contributed by atoms with van der Waals surface area (Å²) in [6, 6.07) is 10.8. The van der Waals surface area contributed by atoms with Gasteiger partial charge in [0.05, 0.1) is 6.07 Å². The maximum Gasteiger partial charge on any atom is 0.375 e. The van der Waals surface area contributed by atoms with Gasteiger partial charge in [-0.25, -0.2) is 4.79 Å². The Morgan fingerprint density at radius 3 is 2.54 bits per heavy atom. The third kappa shape index (κ3) is 3.57. The van der Waals surface area contributed by atoms with Gasteiger partial charge >= 0.3 is 5.97 Å². The molecule has 1 aromatic carbocycles.